The Hall–Kier alpha value is -2.49. The fraction of sp³-hybridized carbons (Fsp3) is 0.350. The molecule has 4 nitrogen and oxygen atoms in total. The van der Waals surface area contributed by atoms with Gasteiger partial charge in [-0.15, -0.1) is 0 Å². The highest BCUT2D eigenvalue weighted by Crippen LogP contribution is 2.25. The first-order valence-corrected chi connectivity index (χ1v) is 8.24. The zero-order chi connectivity index (χ0) is 17.5. The van der Waals surface area contributed by atoms with E-state index in [1.54, 1.807) is 7.11 Å². The van der Waals surface area contributed by atoms with Gasteiger partial charge in [-0.3, -0.25) is 4.79 Å². The van der Waals surface area contributed by atoms with E-state index in [9.17, 15) is 4.79 Å². The Morgan fingerprint density at radius 1 is 1.17 bits per heavy atom. The number of carbonyl (C=O) groups is 1. The lowest BCUT2D eigenvalue weighted by Gasteiger charge is -2.17. The number of hydrogen-bond donors (Lipinski definition) is 2. The van der Waals surface area contributed by atoms with Crippen molar-refractivity contribution in [3.63, 3.8) is 0 Å². The number of nitrogens with one attached hydrogen (secondary N) is 2. The summed E-state index contributed by atoms with van der Waals surface area (Å²) in [5.41, 5.74) is 4.40. The molecule has 0 fully saturated rings. The van der Waals surface area contributed by atoms with Gasteiger partial charge < -0.3 is 15.4 Å². The second-order valence-corrected chi connectivity index (χ2v) is 6.03. The zero-order valence-electron chi connectivity index (χ0n) is 14.8. The largest absolute Gasteiger partial charge is 0.495 e. The van der Waals surface area contributed by atoms with Crippen LogP contribution in [0.15, 0.2) is 42.5 Å². The van der Waals surface area contributed by atoms with Crippen LogP contribution in [-0.4, -0.2) is 19.6 Å². The van der Waals surface area contributed by atoms with Crippen molar-refractivity contribution in [1.82, 2.24) is 5.32 Å². The molecule has 0 heterocycles. The van der Waals surface area contributed by atoms with Crippen LogP contribution in [0.1, 0.15) is 36.1 Å². The topological polar surface area (TPSA) is 50.4 Å². The third-order valence-corrected chi connectivity index (χ3v) is 4.05. The lowest BCUT2D eigenvalue weighted by atomic mass is 10.0. The Bertz CT molecular complexity index is 698. The van der Waals surface area contributed by atoms with Crippen LogP contribution in [0.3, 0.4) is 0 Å². The summed E-state index contributed by atoms with van der Waals surface area (Å²) in [4.78, 5) is 12.2. The number of rotatable bonds is 7. The first-order valence-electron chi connectivity index (χ1n) is 8.24. The maximum atomic E-state index is 12.2. The van der Waals surface area contributed by atoms with Gasteiger partial charge in [-0.1, -0.05) is 30.3 Å². The molecule has 1 atom stereocenters. The van der Waals surface area contributed by atoms with Crippen LogP contribution in [0, 0.1) is 13.8 Å². The van der Waals surface area contributed by atoms with Crippen LogP contribution in [0.2, 0.25) is 0 Å². The average Bonchev–Trinajstić information content (AvgIpc) is 2.55. The second-order valence-electron chi connectivity index (χ2n) is 6.03. The Morgan fingerprint density at radius 3 is 2.62 bits per heavy atom. The molecule has 0 aliphatic heterocycles. The minimum atomic E-state index is 0.00667. The summed E-state index contributed by atoms with van der Waals surface area (Å²) >= 11 is 0. The smallest absolute Gasteiger partial charge is 0.222 e. The van der Waals surface area contributed by atoms with Crippen molar-refractivity contribution in [2.24, 2.45) is 0 Å². The van der Waals surface area contributed by atoms with Crippen LogP contribution >= 0.6 is 0 Å². The number of anilines is 1. The minimum Gasteiger partial charge on any atom is -0.495 e. The van der Waals surface area contributed by atoms with E-state index in [0.717, 1.165) is 22.6 Å². The van der Waals surface area contributed by atoms with Crippen molar-refractivity contribution in [1.29, 1.82) is 0 Å². The molecule has 2 aromatic rings. The minimum absolute atomic E-state index is 0.00667. The van der Waals surface area contributed by atoms with Gasteiger partial charge in [0.05, 0.1) is 18.8 Å². The van der Waals surface area contributed by atoms with Gasteiger partial charge >= 0.3 is 0 Å². The van der Waals surface area contributed by atoms with Crippen molar-refractivity contribution in [2.75, 3.05) is 19.0 Å². The van der Waals surface area contributed by atoms with Gasteiger partial charge in [0.15, 0.2) is 0 Å². The summed E-state index contributed by atoms with van der Waals surface area (Å²) in [5, 5.41) is 6.33. The highest BCUT2D eigenvalue weighted by atomic mass is 16.5. The summed E-state index contributed by atoms with van der Waals surface area (Å²) < 4.78 is 5.33. The van der Waals surface area contributed by atoms with Crippen molar-refractivity contribution in [3.8, 4) is 5.75 Å². The second kappa shape index (κ2) is 8.39. The van der Waals surface area contributed by atoms with E-state index in [1.807, 2.05) is 44.2 Å². The van der Waals surface area contributed by atoms with E-state index >= 15 is 0 Å². The first-order chi connectivity index (χ1) is 11.5. The summed E-state index contributed by atoms with van der Waals surface area (Å²) in [7, 11) is 1.65. The van der Waals surface area contributed by atoms with Crippen molar-refractivity contribution >= 4 is 11.6 Å². The number of hydrogen-bond acceptors (Lipinski definition) is 3. The van der Waals surface area contributed by atoms with E-state index in [2.05, 4.69) is 29.7 Å². The van der Waals surface area contributed by atoms with Gasteiger partial charge in [0, 0.05) is 13.0 Å². The molecule has 0 spiro atoms. The van der Waals surface area contributed by atoms with E-state index in [4.69, 9.17) is 4.74 Å². The number of amides is 1. The normalized spacial score (nSPS) is 11.7. The van der Waals surface area contributed by atoms with Gasteiger partial charge in [0.25, 0.3) is 0 Å². The van der Waals surface area contributed by atoms with Crippen molar-refractivity contribution in [3.05, 3.63) is 59.2 Å². The van der Waals surface area contributed by atoms with E-state index < -0.39 is 0 Å². The van der Waals surface area contributed by atoms with Gasteiger partial charge in [0.2, 0.25) is 5.91 Å². The number of carbonyl (C=O) groups excluding carboxylic acids is 1. The molecule has 24 heavy (non-hydrogen) atoms. The molecule has 0 bridgehead atoms. The highest BCUT2D eigenvalue weighted by molar-refractivity contribution is 5.77. The summed E-state index contributed by atoms with van der Waals surface area (Å²) in [6.45, 7) is 6.66. The Balaban J connectivity index is 1.86. The number of benzene rings is 2. The van der Waals surface area contributed by atoms with Gasteiger partial charge in [-0.25, -0.2) is 0 Å². The molecule has 0 radical (unpaired) electrons. The quantitative estimate of drug-likeness (QED) is 0.809. The Labute approximate surface area is 144 Å². The molecule has 0 aliphatic carbocycles. The molecule has 128 valence electrons. The summed E-state index contributed by atoms with van der Waals surface area (Å²) in [5.74, 6) is 0.819. The van der Waals surface area contributed by atoms with Gasteiger partial charge in [-0.2, -0.15) is 0 Å². The maximum absolute atomic E-state index is 12.2. The average molecular weight is 326 g/mol. The lowest BCUT2D eigenvalue weighted by Crippen LogP contribution is -2.28. The molecule has 2 N–H and O–H groups in total. The SMILES string of the molecule is COc1ccc(C)cc1NCCC(=O)N[C@H](C)c1ccccc1C. The van der Waals surface area contributed by atoms with Crippen molar-refractivity contribution < 1.29 is 9.53 Å². The summed E-state index contributed by atoms with van der Waals surface area (Å²) in [6.07, 6.45) is 0.410. The molecule has 0 saturated heterocycles. The molecule has 1 amide bonds. The van der Waals surface area contributed by atoms with Crippen LogP contribution in [0.25, 0.3) is 0 Å². The van der Waals surface area contributed by atoms with E-state index in [0.29, 0.717) is 13.0 Å². The molecule has 0 aromatic heterocycles. The predicted molar refractivity (Wildman–Crippen MR) is 98.6 cm³/mol. The standard InChI is InChI=1S/C20H26N2O2/c1-14-9-10-19(24-4)18(13-14)21-12-11-20(23)22-16(3)17-8-6-5-7-15(17)2/h5-10,13,16,21H,11-12H2,1-4H3,(H,22,23)/t16-/m1/s1. The monoisotopic (exact) mass is 326 g/mol. The van der Waals surface area contributed by atoms with Gasteiger partial charge in [0.1, 0.15) is 5.75 Å². The third kappa shape index (κ3) is 4.75. The predicted octanol–water partition coefficient (Wildman–Crippen LogP) is 3.99. The van der Waals surface area contributed by atoms with Crippen LogP contribution in [0.5, 0.6) is 5.75 Å². The van der Waals surface area contributed by atoms with Gasteiger partial charge in [-0.05, 0) is 49.6 Å². The Morgan fingerprint density at radius 2 is 1.92 bits per heavy atom. The van der Waals surface area contributed by atoms with Crippen LogP contribution in [0.4, 0.5) is 5.69 Å². The maximum Gasteiger partial charge on any atom is 0.222 e. The van der Waals surface area contributed by atoms with Crippen LogP contribution in [-0.2, 0) is 4.79 Å². The zero-order valence-corrected chi connectivity index (χ0v) is 14.8. The molecule has 0 unspecified atom stereocenters. The third-order valence-electron chi connectivity index (χ3n) is 4.05. The molecule has 2 aromatic carbocycles. The van der Waals surface area contributed by atoms with E-state index in [-0.39, 0.29) is 11.9 Å². The fourth-order valence-corrected chi connectivity index (χ4v) is 2.73. The van der Waals surface area contributed by atoms with Crippen LogP contribution < -0.4 is 15.4 Å². The number of aryl methyl sites for hydroxylation is 2. The molecular formula is C20H26N2O2. The summed E-state index contributed by atoms with van der Waals surface area (Å²) in [6, 6.07) is 14.1. The Kier molecular flexibility index (Phi) is 6.24. The molecule has 4 heteroatoms. The molecule has 2 rings (SSSR count). The number of methoxy groups -OCH3 is 1. The fourth-order valence-electron chi connectivity index (χ4n) is 2.73. The molecule has 0 aliphatic rings. The molecule has 0 saturated carbocycles. The van der Waals surface area contributed by atoms with E-state index in [1.165, 1.54) is 5.56 Å². The molecular weight excluding hydrogens is 300 g/mol. The highest BCUT2D eigenvalue weighted by Gasteiger charge is 2.11. The lowest BCUT2D eigenvalue weighted by molar-refractivity contribution is -0.121. The van der Waals surface area contributed by atoms with Crippen molar-refractivity contribution in [2.45, 2.75) is 33.2 Å². The first kappa shape index (κ1) is 17.9. The number of ether oxygens (including phenoxy) is 1.